The molecule has 2 atom stereocenters. The van der Waals surface area contributed by atoms with Gasteiger partial charge in [-0.05, 0) is 5.56 Å². The maximum absolute atomic E-state index is 12.1. The number of halogens is 1. The fraction of sp³-hybridized carbons (Fsp3) is 0.200. The lowest BCUT2D eigenvalue weighted by Crippen LogP contribution is -2.37. The van der Waals surface area contributed by atoms with Gasteiger partial charge in [0.25, 0.3) is 0 Å². The second kappa shape index (κ2) is 5.31. The Labute approximate surface area is 139 Å². The van der Waals surface area contributed by atoms with Gasteiger partial charge >= 0.3 is 5.56 Å². The van der Waals surface area contributed by atoms with Gasteiger partial charge in [0, 0.05) is 18.9 Å². The smallest absolute Gasteiger partial charge is 0.302 e. The normalized spacial score (nSPS) is 20.4. The number of hydrogen-bond acceptors (Lipinski definition) is 5. The summed E-state index contributed by atoms with van der Waals surface area (Å²) in [6.07, 6.45) is 3.13. The van der Waals surface area contributed by atoms with Gasteiger partial charge in [-0.1, -0.05) is 52.9 Å². The van der Waals surface area contributed by atoms with Crippen LogP contribution in [0.3, 0.4) is 0 Å². The molecule has 3 heterocycles. The van der Waals surface area contributed by atoms with Gasteiger partial charge in [-0.25, -0.2) is 9.97 Å². The first-order valence-corrected chi connectivity index (χ1v) is 8.16. The summed E-state index contributed by atoms with van der Waals surface area (Å²) < 4.78 is 2.29. The average molecular weight is 405 g/mol. The molecule has 0 bridgehead atoms. The van der Waals surface area contributed by atoms with Crippen molar-refractivity contribution < 1.29 is 0 Å². The molecule has 2 unspecified atom stereocenters. The maximum atomic E-state index is 12.1. The van der Waals surface area contributed by atoms with Gasteiger partial charge in [0.15, 0.2) is 11.2 Å². The van der Waals surface area contributed by atoms with Crippen LogP contribution in [0.25, 0.3) is 11.2 Å². The summed E-state index contributed by atoms with van der Waals surface area (Å²) in [4.78, 5) is 24.8. The number of anilines is 1. The molecule has 1 aliphatic rings. The second-order valence-electron chi connectivity index (χ2n) is 5.09. The van der Waals surface area contributed by atoms with Gasteiger partial charge in [-0.15, -0.1) is 0 Å². The van der Waals surface area contributed by atoms with Crippen molar-refractivity contribution in [1.82, 2.24) is 19.5 Å². The fourth-order valence-corrected chi connectivity index (χ4v) is 3.78. The topological polar surface area (TPSA) is 72.7 Å². The van der Waals surface area contributed by atoms with E-state index in [-0.39, 0.29) is 11.6 Å². The summed E-state index contributed by atoms with van der Waals surface area (Å²) in [7, 11) is 0. The Kier molecular flexibility index (Phi) is 3.29. The first-order chi connectivity index (χ1) is 10.8. The summed E-state index contributed by atoms with van der Waals surface area (Å²) in [6, 6.07) is 10.3. The van der Waals surface area contributed by atoms with Crippen molar-refractivity contribution in [2.24, 2.45) is 0 Å². The maximum Gasteiger partial charge on any atom is 0.302 e. The highest BCUT2D eigenvalue weighted by atomic mass is 127. The molecule has 0 spiro atoms. The van der Waals surface area contributed by atoms with Crippen molar-refractivity contribution in [2.45, 2.75) is 9.97 Å². The molecular formula is C15H12IN5O. The van der Waals surface area contributed by atoms with Crippen LogP contribution >= 0.6 is 22.6 Å². The number of nitrogens with one attached hydrogen (secondary N) is 1. The zero-order chi connectivity index (χ0) is 15.1. The first kappa shape index (κ1) is 13.6. The number of nitrogens with zero attached hydrogens (tertiary/aromatic N) is 4. The lowest BCUT2D eigenvalue weighted by atomic mass is 10.0. The Morgan fingerprint density at radius 3 is 2.77 bits per heavy atom. The highest BCUT2D eigenvalue weighted by Crippen LogP contribution is 2.34. The molecule has 4 rings (SSSR count). The Hall–Kier alpha value is -2.03. The van der Waals surface area contributed by atoms with E-state index >= 15 is 0 Å². The van der Waals surface area contributed by atoms with Crippen molar-refractivity contribution >= 4 is 39.7 Å². The Bertz CT molecular complexity index is 895. The van der Waals surface area contributed by atoms with Crippen molar-refractivity contribution in [2.75, 3.05) is 11.9 Å². The molecule has 22 heavy (non-hydrogen) atoms. The first-order valence-electron chi connectivity index (χ1n) is 6.92. The monoisotopic (exact) mass is 405 g/mol. The summed E-state index contributed by atoms with van der Waals surface area (Å²) in [6.45, 7) is 0.748. The van der Waals surface area contributed by atoms with Gasteiger partial charge in [0.2, 0.25) is 5.95 Å². The molecule has 0 saturated heterocycles. The van der Waals surface area contributed by atoms with Crippen molar-refractivity contribution in [1.29, 1.82) is 0 Å². The number of fused-ring (bicyclic) bond motifs is 3. The number of rotatable bonds is 1. The van der Waals surface area contributed by atoms with Gasteiger partial charge in [0.1, 0.15) is 0 Å². The average Bonchev–Trinajstić information content (AvgIpc) is 2.56. The quantitative estimate of drug-likeness (QED) is 0.496. The van der Waals surface area contributed by atoms with E-state index in [9.17, 15) is 4.79 Å². The van der Waals surface area contributed by atoms with E-state index in [2.05, 4.69) is 55.0 Å². The van der Waals surface area contributed by atoms with Gasteiger partial charge in [0.05, 0.1) is 9.97 Å². The summed E-state index contributed by atoms with van der Waals surface area (Å²) >= 11 is 2.42. The summed E-state index contributed by atoms with van der Waals surface area (Å²) in [5.74, 6) is 0.555. The van der Waals surface area contributed by atoms with Crippen LogP contribution in [0.4, 0.5) is 5.95 Å². The summed E-state index contributed by atoms with van der Waals surface area (Å²) in [5, 5.41) is 3.22. The molecule has 6 nitrogen and oxygen atoms in total. The zero-order valence-electron chi connectivity index (χ0n) is 11.5. The molecule has 1 N–H and O–H groups in total. The van der Waals surface area contributed by atoms with E-state index in [1.54, 1.807) is 6.20 Å². The largest absolute Gasteiger partial charge is 0.354 e. The third-order valence-electron chi connectivity index (χ3n) is 3.76. The number of aromatic nitrogens is 4. The molecule has 0 aliphatic carbocycles. The van der Waals surface area contributed by atoms with E-state index in [1.165, 1.54) is 11.8 Å². The minimum atomic E-state index is -0.347. The van der Waals surface area contributed by atoms with Gasteiger partial charge in [-0.3, -0.25) is 9.36 Å². The van der Waals surface area contributed by atoms with E-state index in [0.29, 0.717) is 21.0 Å². The van der Waals surface area contributed by atoms with Crippen LogP contribution in [0.1, 0.15) is 11.6 Å². The molecule has 3 aromatic rings. The molecule has 2 aromatic heterocycles. The van der Waals surface area contributed by atoms with E-state index in [1.807, 2.05) is 22.8 Å². The van der Waals surface area contributed by atoms with Gasteiger partial charge in [-0.2, -0.15) is 4.98 Å². The highest BCUT2D eigenvalue weighted by molar-refractivity contribution is 14.1. The van der Waals surface area contributed by atoms with Crippen LogP contribution in [-0.4, -0.2) is 30.0 Å². The lowest BCUT2D eigenvalue weighted by molar-refractivity contribution is 0.557. The molecule has 110 valence electrons. The predicted octanol–water partition coefficient (Wildman–Crippen LogP) is 2.00. The zero-order valence-corrected chi connectivity index (χ0v) is 13.6. The van der Waals surface area contributed by atoms with Crippen LogP contribution < -0.4 is 10.9 Å². The molecule has 0 fully saturated rings. The standard InChI is InChI=1S/C15H12IN5O/c16-10-8-19-15-20-14(22)11-13(18-7-6-17-11)21(15)12(10)9-4-2-1-3-5-9/h1-7,10,12H,8H2,(H,19,20,22). The third-order valence-corrected chi connectivity index (χ3v) is 4.88. The number of benzene rings is 1. The Morgan fingerprint density at radius 2 is 1.95 bits per heavy atom. The van der Waals surface area contributed by atoms with Crippen LogP contribution in [0.15, 0.2) is 47.5 Å². The van der Waals surface area contributed by atoms with Crippen LogP contribution in [0, 0.1) is 0 Å². The van der Waals surface area contributed by atoms with E-state index in [0.717, 1.165) is 6.54 Å². The minimum absolute atomic E-state index is 0.0605. The van der Waals surface area contributed by atoms with E-state index in [4.69, 9.17) is 0 Å². The SMILES string of the molecule is O=c1nc2n(c3nccnc13)C(c1ccccc1)C(I)CN2. The highest BCUT2D eigenvalue weighted by Gasteiger charge is 2.31. The molecule has 7 heteroatoms. The predicted molar refractivity (Wildman–Crippen MR) is 92.5 cm³/mol. The molecular weight excluding hydrogens is 393 g/mol. The van der Waals surface area contributed by atoms with Crippen molar-refractivity contribution in [3.63, 3.8) is 0 Å². The second-order valence-corrected chi connectivity index (χ2v) is 6.69. The number of hydrogen-bond donors (Lipinski definition) is 1. The van der Waals surface area contributed by atoms with Crippen LogP contribution in [0.2, 0.25) is 0 Å². The van der Waals surface area contributed by atoms with Gasteiger partial charge < -0.3 is 5.32 Å². The molecule has 0 radical (unpaired) electrons. The van der Waals surface area contributed by atoms with Crippen molar-refractivity contribution in [3.8, 4) is 0 Å². The van der Waals surface area contributed by atoms with Crippen LogP contribution in [0.5, 0.6) is 0 Å². The Balaban J connectivity index is 2.05. The molecule has 0 saturated carbocycles. The minimum Gasteiger partial charge on any atom is -0.354 e. The molecule has 0 amide bonds. The lowest BCUT2D eigenvalue weighted by Gasteiger charge is -2.33. The Morgan fingerprint density at radius 1 is 1.18 bits per heavy atom. The summed E-state index contributed by atoms with van der Waals surface area (Å²) in [5.41, 5.74) is 1.70. The molecule has 1 aliphatic heterocycles. The third kappa shape index (κ3) is 2.07. The van der Waals surface area contributed by atoms with Crippen molar-refractivity contribution in [3.05, 3.63) is 58.6 Å². The fourth-order valence-electron chi connectivity index (χ4n) is 2.82. The van der Waals surface area contributed by atoms with E-state index < -0.39 is 0 Å². The molecule has 1 aromatic carbocycles. The van der Waals surface area contributed by atoms with Crippen LogP contribution in [-0.2, 0) is 0 Å². The number of alkyl halides is 1.